The third kappa shape index (κ3) is 4.91. The van der Waals surface area contributed by atoms with E-state index in [1.54, 1.807) is 13.0 Å². The molecule has 0 saturated heterocycles. The Hall–Kier alpha value is -3.93. The highest BCUT2D eigenvalue weighted by molar-refractivity contribution is 6.09. The Kier molecular flexibility index (Phi) is 6.27. The number of aromatic hydroxyl groups is 1. The Labute approximate surface area is 174 Å². The molecule has 0 heterocycles. The van der Waals surface area contributed by atoms with Gasteiger partial charge in [-0.05, 0) is 60.4 Å². The van der Waals surface area contributed by atoms with E-state index in [0.29, 0.717) is 12.2 Å². The van der Waals surface area contributed by atoms with Crippen molar-refractivity contribution >= 4 is 17.5 Å². The van der Waals surface area contributed by atoms with Crippen molar-refractivity contribution in [2.24, 2.45) is 0 Å². The molecule has 3 aromatic carbocycles. The highest BCUT2D eigenvalue weighted by Crippen LogP contribution is 2.31. The van der Waals surface area contributed by atoms with Crippen LogP contribution in [0, 0.1) is 24.0 Å². The lowest BCUT2D eigenvalue weighted by Crippen LogP contribution is -2.00. The van der Waals surface area contributed by atoms with E-state index in [9.17, 15) is 20.0 Å². The van der Waals surface area contributed by atoms with E-state index in [1.807, 2.05) is 55.5 Å². The first kappa shape index (κ1) is 20.8. The number of nitro groups is 1. The molecule has 0 aliphatic rings. The number of ether oxygens (including phenoxy) is 1. The summed E-state index contributed by atoms with van der Waals surface area (Å²) in [6, 6.07) is 18.0. The Balaban J connectivity index is 1.74. The molecule has 0 unspecified atom stereocenters. The van der Waals surface area contributed by atoms with Crippen molar-refractivity contribution in [3.8, 4) is 11.5 Å². The molecule has 0 bridgehead atoms. The molecule has 0 aliphatic heterocycles. The number of phenols is 1. The van der Waals surface area contributed by atoms with E-state index >= 15 is 0 Å². The smallest absolute Gasteiger partial charge is 0.311 e. The van der Waals surface area contributed by atoms with Crippen molar-refractivity contribution in [2.45, 2.75) is 20.5 Å². The summed E-state index contributed by atoms with van der Waals surface area (Å²) in [6.07, 6.45) is 2.89. The lowest BCUT2D eigenvalue weighted by Gasteiger charge is -2.10. The van der Waals surface area contributed by atoms with Gasteiger partial charge in [-0.25, -0.2) is 0 Å². The second-order valence-electron chi connectivity index (χ2n) is 6.93. The maximum Gasteiger partial charge on any atom is 0.311 e. The van der Waals surface area contributed by atoms with Gasteiger partial charge in [0.05, 0.1) is 10.5 Å². The molecule has 1 N–H and O–H groups in total. The van der Waals surface area contributed by atoms with Gasteiger partial charge in [-0.3, -0.25) is 14.9 Å². The number of carbonyl (C=O) groups is 1. The second kappa shape index (κ2) is 9.05. The van der Waals surface area contributed by atoms with Gasteiger partial charge >= 0.3 is 5.69 Å². The molecule has 0 saturated carbocycles. The van der Waals surface area contributed by atoms with Gasteiger partial charge < -0.3 is 9.84 Å². The molecule has 3 aromatic rings. The molecule has 152 valence electrons. The van der Waals surface area contributed by atoms with Gasteiger partial charge in [0, 0.05) is 6.07 Å². The number of ketones is 1. The van der Waals surface area contributed by atoms with Crippen LogP contribution in [0.1, 0.15) is 32.6 Å². The summed E-state index contributed by atoms with van der Waals surface area (Å²) in [5.41, 5.74) is 2.69. The van der Waals surface area contributed by atoms with Crippen LogP contribution in [0.3, 0.4) is 0 Å². The number of nitrogens with zero attached hydrogens (tertiary/aromatic N) is 1. The van der Waals surface area contributed by atoms with Crippen molar-refractivity contribution in [2.75, 3.05) is 0 Å². The zero-order chi connectivity index (χ0) is 21.7. The Morgan fingerprint density at radius 2 is 1.83 bits per heavy atom. The number of hydrogen-bond acceptors (Lipinski definition) is 5. The average Bonchev–Trinajstić information content (AvgIpc) is 2.73. The third-order valence-corrected chi connectivity index (χ3v) is 4.56. The van der Waals surface area contributed by atoms with Gasteiger partial charge in [-0.2, -0.15) is 0 Å². The molecule has 0 atom stereocenters. The van der Waals surface area contributed by atoms with Gasteiger partial charge in [-0.15, -0.1) is 0 Å². The van der Waals surface area contributed by atoms with Crippen LogP contribution in [0.4, 0.5) is 5.69 Å². The zero-order valence-electron chi connectivity index (χ0n) is 16.7. The normalized spacial score (nSPS) is 10.9. The molecular weight excluding hydrogens is 382 g/mol. The second-order valence-corrected chi connectivity index (χ2v) is 6.93. The summed E-state index contributed by atoms with van der Waals surface area (Å²) < 4.78 is 5.85. The summed E-state index contributed by atoms with van der Waals surface area (Å²) in [5.74, 6) is -0.392. The number of carbonyl (C=O) groups excluding carboxylic acids is 1. The first-order chi connectivity index (χ1) is 14.3. The summed E-state index contributed by atoms with van der Waals surface area (Å²) >= 11 is 0. The molecule has 0 amide bonds. The Morgan fingerprint density at radius 3 is 2.50 bits per heavy atom. The monoisotopic (exact) mass is 403 g/mol. The van der Waals surface area contributed by atoms with E-state index in [1.165, 1.54) is 18.2 Å². The van der Waals surface area contributed by atoms with Gasteiger partial charge in [0.1, 0.15) is 12.4 Å². The standard InChI is InChI=1S/C24H21NO5/c1-16-12-20(24(27)21(13-16)25(28)29)22(26)10-8-18-9-11-23(17(2)14-18)30-15-19-6-4-3-5-7-19/h3-14,27H,15H2,1-2H3/b10-8+. The van der Waals surface area contributed by atoms with Gasteiger partial charge in [0.2, 0.25) is 5.75 Å². The first-order valence-electron chi connectivity index (χ1n) is 9.33. The first-order valence-corrected chi connectivity index (χ1v) is 9.33. The zero-order valence-corrected chi connectivity index (χ0v) is 16.7. The summed E-state index contributed by atoms with van der Waals surface area (Å²) in [7, 11) is 0. The quantitative estimate of drug-likeness (QED) is 0.247. The van der Waals surface area contributed by atoms with Crippen LogP contribution >= 0.6 is 0 Å². The molecule has 6 heteroatoms. The van der Waals surface area contributed by atoms with E-state index < -0.39 is 22.1 Å². The van der Waals surface area contributed by atoms with Crippen molar-refractivity contribution in [3.05, 3.63) is 105 Å². The van der Waals surface area contributed by atoms with Crippen LogP contribution in [-0.2, 0) is 6.61 Å². The molecule has 0 spiro atoms. The molecule has 0 aromatic heterocycles. The number of phenolic OH excluding ortho intramolecular Hbond substituents is 1. The third-order valence-electron chi connectivity index (χ3n) is 4.56. The number of rotatable bonds is 7. The molecular formula is C24H21NO5. The van der Waals surface area contributed by atoms with Gasteiger partial charge in [0.15, 0.2) is 5.78 Å². The summed E-state index contributed by atoms with van der Waals surface area (Å²) in [4.78, 5) is 22.8. The molecule has 6 nitrogen and oxygen atoms in total. The predicted octanol–water partition coefficient (Wildman–Crippen LogP) is 5.39. The SMILES string of the molecule is Cc1cc(C(=O)/C=C/c2ccc(OCc3ccccc3)c(C)c2)c(O)c([N+](=O)[O-])c1. The number of nitro benzene ring substituents is 1. The minimum Gasteiger partial charge on any atom is -0.502 e. The molecule has 0 fully saturated rings. The molecule has 3 rings (SSSR count). The van der Waals surface area contributed by atoms with Crippen LogP contribution in [0.25, 0.3) is 6.08 Å². The van der Waals surface area contributed by atoms with Crippen molar-refractivity contribution in [1.29, 1.82) is 0 Å². The number of benzene rings is 3. The lowest BCUT2D eigenvalue weighted by molar-refractivity contribution is -0.385. The minimum absolute atomic E-state index is 0.0995. The fourth-order valence-electron chi connectivity index (χ4n) is 3.02. The topological polar surface area (TPSA) is 89.7 Å². The molecule has 30 heavy (non-hydrogen) atoms. The number of allylic oxidation sites excluding steroid dienone is 1. The maximum atomic E-state index is 12.5. The maximum absolute atomic E-state index is 12.5. The van der Waals surface area contributed by atoms with Crippen LogP contribution in [0.15, 0.2) is 66.7 Å². The van der Waals surface area contributed by atoms with Gasteiger partial charge in [-0.1, -0.05) is 42.5 Å². The summed E-state index contributed by atoms with van der Waals surface area (Å²) in [5, 5.41) is 21.1. The van der Waals surface area contributed by atoms with Crippen LogP contribution in [-0.4, -0.2) is 15.8 Å². The van der Waals surface area contributed by atoms with Crippen LogP contribution in [0.2, 0.25) is 0 Å². The van der Waals surface area contributed by atoms with E-state index in [2.05, 4.69) is 0 Å². The number of aryl methyl sites for hydroxylation is 2. The fraction of sp³-hybridized carbons (Fsp3) is 0.125. The van der Waals surface area contributed by atoms with E-state index in [4.69, 9.17) is 4.74 Å². The van der Waals surface area contributed by atoms with E-state index in [-0.39, 0.29) is 5.56 Å². The lowest BCUT2D eigenvalue weighted by atomic mass is 10.0. The largest absolute Gasteiger partial charge is 0.502 e. The highest BCUT2D eigenvalue weighted by atomic mass is 16.6. The van der Waals surface area contributed by atoms with Crippen molar-refractivity contribution in [3.63, 3.8) is 0 Å². The van der Waals surface area contributed by atoms with Crippen molar-refractivity contribution in [1.82, 2.24) is 0 Å². The Bertz CT molecular complexity index is 1120. The van der Waals surface area contributed by atoms with Crippen molar-refractivity contribution < 1.29 is 19.6 Å². The summed E-state index contributed by atoms with van der Waals surface area (Å²) in [6.45, 7) is 4.00. The van der Waals surface area contributed by atoms with Gasteiger partial charge in [0.25, 0.3) is 0 Å². The molecule has 0 radical (unpaired) electrons. The minimum atomic E-state index is -0.708. The molecule has 0 aliphatic carbocycles. The fourth-order valence-corrected chi connectivity index (χ4v) is 3.02. The van der Waals surface area contributed by atoms with E-state index in [0.717, 1.165) is 22.4 Å². The predicted molar refractivity (Wildman–Crippen MR) is 115 cm³/mol. The van der Waals surface area contributed by atoms with Crippen LogP contribution in [0.5, 0.6) is 11.5 Å². The van der Waals surface area contributed by atoms with Crippen LogP contribution < -0.4 is 4.74 Å². The Morgan fingerprint density at radius 1 is 1.10 bits per heavy atom. The highest BCUT2D eigenvalue weighted by Gasteiger charge is 2.21. The average molecular weight is 403 g/mol. The number of hydrogen-bond donors (Lipinski definition) is 1.